The van der Waals surface area contributed by atoms with E-state index in [1.165, 1.54) is 12.1 Å². The number of amides is 1. The van der Waals surface area contributed by atoms with E-state index in [0.29, 0.717) is 17.0 Å². The highest BCUT2D eigenvalue weighted by atomic mass is 35.5. The number of aromatic nitrogens is 1. The zero-order valence-corrected chi connectivity index (χ0v) is 15.2. The van der Waals surface area contributed by atoms with Crippen LogP contribution in [0.25, 0.3) is 10.9 Å². The number of carboxylic acids is 1. The van der Waals surface area contributed by atoms with Gasteiger partial charge in [0.1, 0.15) is 11.4 Å². The van der Waals surface area contributed by atoms with Gasteiger partial charge in [0.05, 0.1) is 11.9 Å². The second-order valence-electron chi connectivity index (χ2n) is 6.16. The number of pyridine rings is 1. The van der Waals surface area contributed by atoms with Crippen molar-refractivity contribution >= 4 is 34.4 Å². The smallest absolute Gasteiger partial charge is 0.341 e. The van der Waals surface area contributed by atoms with Crippen molar-refractivity contribution in [3.63, 3.8) is 0 Å². The van der Waals surface area contributed by atoms with Gasteiger partial charge >= 0.3 is 5.97 Å². The summed E-state index contributed by atoms with van der Waals surface area (Å²) in [5.74, 6) is -5.88. The topological polar surface area (TPSA) is 99.3 Å². The van der Waals surface area contributed by atoms with Crippen LogP contribution in [0.3, 0.4) is 0 Å². The van der Waals surface area contributed by atoms with Crippen LogP contribution in [0.5, 0.6) is 0 Å². The fourth-order valence-electron chi connectivity index (χ4n) is 2.82. The highest BCUT2D eigenvalue weighted by molar-refractivity contribution is 6.31. The number of nitrogens with one attached hydrogen (secondary N) is 2. The number of hydrogen-bond acceptors (Lipinski definition) is 3. The predicted octanol–water partition coefficient (Wildman–Crippen LogP) is 3.16. The highest BCUT2D eigenvalue weighted by Crippen LogP contribution is 2.22. The summed E-state index contributed by atoms with van der Waals surface area (Å²) >= 11 is 6.01. The van der Waals surface area contributed by atoms with Gasteiger partial charge in [-0.15, -0.1) is 0 Å². The highest BCUT2D eigenvalue weighted by Gasteiger charge is 2.16. The van der Waals surface area contributed by atoms with E-state index in [1.54, 1.807) is 0 Å². The minimum absolute atomic E-state index is 0.155. The number of carbonyl (C=O) groups excluding carboxylic acids is 1. The van der Waals surface area contributed by atoms with Gasteiger partial charge in [0.25, 0.3) is 5.56 Å². The maximum absolute atomic E-state index is 13.7. The van der Waals surface area contributed by atoms with E-state index in [9.17, 15) is 27.6 Å². The quantitative estimate of drug-likeness (QED) is 0.548. The van der Waals surface area contributed by atoms with Gasteiger partial charge in [0.2, 0.25) is 5.91 Å². The van der Waals surface area contributed by atoms with Crippen LogP contribution in [0.4, 0.5) is 13.2 Å². The molecule has 0 spiro atoms. The second-order valence-corrected chi connectivity index (χ2v) is 6.60. The number of H-pyrrole nitrogens is 1. The largest absolute Gasteiger partial charge is 0.477 e. The Kier molecular flexibility index (Phi) is 5.60. The average Bonchev–Trinajstić information content (AvgIpc) is 2.63. The summed E-state index contributed by atoms with van der Waals surface area (Å²) in [5, 5.41) is 12.0. The Morgan fingerprint density at radius 1 is 1.07 bits per heavy atom. The number of rotatable bonds is 5. The summed E-state index contributed by atoms with van der Waals surface area (Å²) in [7, 11) is 0. The lowest BCUT2D eigenvalue weighted by Gasteiger charge is -2.10. The molecule has 0 bridgehead atoms. The van der Waals surface area contributed by atoms with E-state index in [2.05, 4.69) is 10.3 Å². The molecule has 3 rings (SSSR count). The minimum Gasteiger partial charge on any atom is -0.477 e. The molecule has 3 aromatic rings. The standard InChI is InChI=1S/C19H12ClF3N2O4/c20-11-1-9-4-13(19(28)29)18(27)25-17(9)10(2-11)7-24-15(26)5-8-3-12(21)6-14(22)16(8)23/h1-4,6H,5,7H2,(H,24,26)(H,25,27)(H,28,29). The normalized spacial score (nSPS) is 10.9. The van der Waals surface area contributed by atoms with Crippen molar-refractivity contribution in [2.45, 2.75) is 13.0 Å². The van der Waals surface area contributed by atoms with E-state index >= 15 is 0 Å². The molecule has 0 aliphatic rings. The van der Waals surface area contributed by atoms with E-state index in [0.717, 1.165) is 12.1 Å². The molecule has 0 atom stereocenters. The Morgan fingerprint density at radius 3 is 2.48 bits per heavy atom. The molecule has 0 fully saturated rings. The molecular formula is C19H12ClF3N2O4. The second kappa shape index (κ2) is 7.96. The lowest BCUT2D eigenvalue weighted by atomic mass is 10.1. The average molecular weight is 425 g/mol. The first-order chi connectivity index (χ1) is 13.7. The molecule has 1 heterocycles. The molecule has 0 saturated heterocycles. The molecule has 0 aliphatic heterocycles. The van der Waals surface area contributed by atoms with Gasteiger partial charge < -0.3 is 15.4 Å². The molecule has 2 aromatic carbocycles. The molecule has 1 amide bonds. The summed E-state index contributed by atoms with van der Waals surface area (Å²) in [6.07, 6.45) is -0.612. The van der Waals surface area contributed by atoms with Gasteiger partial charge in [-0.25, -0.2) is 18.0 Å². The summed E-state index contributed by atoms with van der Waals surface area (Å²) < 4.78 is 40.2. The summed E-state index contributed by atoms with van der Waals surface area (Å²) in [5.41, 5.74) is -1.14. The lowest BCUT2D eigenvalue weighted by molar-refractivity contribution is -0.120. The van der Waals surface area contributed by atoms with Crippen molar-refractivity contribution < 1.29 is 27.9 Å². The van der Waals surface area contributed by atoms with E-state index in [4.69, 9.17) is 16.7 Å². The van der Waals surface area contributed by atoms with Gasteiger partial charge in [-0.2, -0.15) is 0 Å². The number of hydrogen-bond donors (Lipinski definition) is 3. The first-order valence-electron chi connectivity index (χ1n) is 8.14. The van der Waals surface area contributed by atoms with Crippen LogP contribution < -0.4 is 10.9 Å². The van der Waals surface area contributed by atoms with Crippen molar-refractivity contribution in [2.24, 2.45) is 0 Å². The van der Waals surface area contributed by atoms with E-state index in [1.807, 2.05) is 0 Å². The van der Waals surface area contributed by atoms with Gasteiger partial charge in [0.15, 0.2) is 11.6 Å². The summed E-state index contributed by atoms with van der Waals surface area (Å²) in [4.78, 5) is 37.5. The molecule has 150 valence electrons. The maximum Gasteiger partial charge on any atom is 0.341 e. The molecule has 0 unspecified atom stereocenters. The van der Waals surface area contributed by atoms with Crippen LogP contribution in [0, 0.1) is 17.5 Å². The van der Waals surface area contributed by atoms with Gasteiger partial charge in [-0.3, -0.25) is 9.59 Å². The molecule has 1 aromatic heterocycles. The first kappa shape index (κ1) is 20.4. The van der Waals surface area contributed by atoms with Gasteiger partial charge in [-0.05, 0) is 29.8 Å². The summed E-state index contributed by atoms with van der Waals surface area (Å²) in [6.45, 7) is -0.155. The third-order valence-electron chi connectivity index (χ3n) is 4.12. The Morgan fingerprint density at radius 2 is 1.79 bits per heavy atom. The van der Waals surface area contributed by atoms with Crippen LogP contribution in [-0.2, 0) is 17.8 Å². The van der Waals surface area contributed by atoms with Crippen LogP contribution in [0.2, 0.25) is 5.02 Å². The van der Waals surface area contributed by atoms with Crippen molar-refractivity contribution in [1.29, 1.82) is 0 Å². The monoisotopic (exact) mass is 424 g/mol. The van der Waals surface area contributed by atoms with Gasteiger partial charge in [0, 0.05) is 28.6 Å². The SMILES string of the molecule is O=C(Cc1cc(F)cc(F)c1F)NCc1cc(Cl)cc2cc(C(=O)O)c(=O)[nH]c12. The van der Waals surface area contributed by atoms with Crippen molar-refractivity contribution in [3.05, 3.63) is 79.9 Å². The molecule has 0 saturated carbocycles. The number of carbonyl (C=O) groups is 2. The molecule has 0 aliphatic carbocycles. The van der Waals surface area contributed by atoms with Crippen LogP contribution in [0.1, 0.15) is 21.5 Å². The van der Waals surface area contributed by atoms with Crippen molar-refractivity contribution in [3.8, 4) is 0 Å². The third-order valence-corrected chi connectivity index (χ3v) is 4.34. The predicted molar refractivity (Wildman–Crippen MR) is 98.4 cm³/mol. The zero-order chi connectivity index (χ0) is 21.3. The van der Waals surface area contributed by atoms with Crippen LogP contribution in [0.15, 0.2) is 35.1 Å². The van der Waals surface area contributed by atoms with Crippen LogP contribution in [-0.4, -0.2) is 22.0 Å². The Hall–Kier alpha value is -3.33. The molecular weight excluding hydrogens is 413 g/mol. The summed E-state index contributed by atoms with van der Waals surface area (Å²) in [6, 6.07) is 5.13. The lowest BCUT2D eigenvalue weighted by Crippen LogP contribution is -2.26. The number of benzene rings is 2. The van der Waals surface area contributed by atoms with Crippen LogP contribution >= 0.6 is 11.6 Å². The number of aromatic carboxylic acids is 1. The maximum atomic E-state index is 13.7. The molecule has 10 heteroatoms. The van der Waals surface area contributed by atoms with Crippen molar-refractivity contribution in [1.82, 2.24) is 10.3 Å². The number of halogens is 4. The minimum atomic E-state index is -1.41. The zero-order valence-electron chi connectivity index (χ0n) is 14.5. The Bertz CT molecular complexity index is 1210. The van der Waals surface area contributed by atoms with Crippen molar-refractivity contribution in [2.75, 3.05) is 0 Å². The molecule has 6 nitrogen and oxygen atoms in total. The van der Waals surface area contributed by atoms with E-state index < -0.39 is 52.4 Å². The molecule has 29 heavy (non-hydrogen) atoms. The number of aromatic amines is 1. The fraction of sp³-hybridized carbons (Fsp3) is 0.105. The Labute approximate surface area is 165 Å². The number of fused-ring (bicyclic) bond motifs is 1. The number of carboxylic acid groups (broad SMARTS) is 1. The first-order valence-corrected chi connectivity index (χ1v) is 8.52. The van der Waals surface area contributed by atoms with E-state index in [-0.39, 0.29) is 17.1 Å². The molecule has 3 N–H and O–H groups in total. The fourth-order valence-corrected chi connectivity index (χ4v) is 3.07. The third kappa shape index (κ3) is 4.40. The Balaban J connectivity index is 1.85. The van der Waals surface area contributed by atoms with Gasteiger partial charge in [-0.1, -0.05) is 11.6 Å². The molecule has 0 radical (unpaired) electrons.